The third kappa shape index (κ3) is 37.7. The predicted molar refractivity (Wildman–Crippen MR) is 228 cm³/mol. The standard InChI is InChI=1S/C46H92N2O6/c1-7-9-11-13-19-25-37-51-39-27-21-15-17-23-29-41-53-45(49)31-33-47(35-36-48(43(3)4)44(5)6)34-32-46(50)54-42-30-24-18-16-22-28-40-52-38-26-20-14-12-10-8-2/h43-44H,7-42H2,1-6H3. The van der Waals surface area contributed by atoms with Gasteiger partial charge in [-0.05, 0) is 66.2 Å². The van der Waals surface area contributed by atoms with Gasteiger partial charge in [-0.2, -0.15) is 0 Å². The van der Waals surface area contributed by atoms with Crippen molar-refractivity contribution in [1.82, 2.24) is 9.80 Å². The molecule has 0 aromatic rings. The first-order valence-electron chi connectivity index (χ1n) is 23.3. The summed E-state index contributed by atoms with van der Waals surface area (Å²) in [6.07, 6.45) is 29.9. The van der Waals surface area contributed by atoms with Crippen LogP contribution in [0.4, 0.5) is 0 Å². The number of ether oxygens (including phenoxy) is 4. The fourth-order valence-corrected chi connectivity index (χ4v) is 6.92. The zero-order chi connectivity index (χ0) is 39.7. The van der Waals surface area contributed by atoms with Crippen molar-refractivity contribution in [2.24, 2.45) is 0 Å². The lowest BCUT2D eigenvalue weighted by atomic mass is 10.1. The largest absolute Gasteiger partial charge is 0.466 e. The van der Waals surface area contributed by atoms with Gasteiger partial charge >= 0.3 is 11.9 Å². The van der Waals surface area contributed by atoms with Gasteiger partial charge in [-0.3, -0.25) is 14.5 Å². The fourth-order valence-electron chi connectivity index (χ4n) is 6.92. The summed E-state index contributed by atoms with van der Waals surface area (Å²) in [5.41, 5.74) is 0. The maximum absolute atomic E-state index is 12.6. The number of nitrogens with zero attached hydrogens (tertiary/aromatic N) is 2. The molecule has 0 amide bonds. The second kappa shape index (κ2) is 41.4. The molecule has 0 atom stereocenters. The first-order chi connectivity index (χ1) is 26.3. The Morgan fingerprint density at radius 1 is 0.389 bits per heavy atom. The average Bonchev–Trinajstić information content (AvgIpc) is 3.15. The lowest BCUT2D eigenvalue weighted by Gasteiger charge is -2.33. The Morgan fingerprint density at radius 3 is 1.00 bits per heavy atom. The van der Waals surface area contributed by atoms with E-state index in [4.69, 9.17) is 18.9 Å². The Morgan fingerprint density at radius 2 is 0.685 bits per heavy atom. The molecule has 0 rings (SSSR count). The highest BCUT2D eigenvalue weighted by molar-refractivity contribution is 5.70. The number of rotatable bonds is 43. The van der Waals surface area contributed by atoms with Crippen LogP contribution in [-0.4, -0.2) is 99.6 Å². The average molecular weight is 769 g/mol. The third-order valence-corrected chi connectivity index (χ3v) is 10.4. The van der Waals surface area contributed by atoms with Crippen molar-refractivity contribution in [3.8, 4) is 0 Å². The van der Waals surface area contributed by atoms with E-state index >= 15 is 0 Å². The molecule has 8 nitrogen and oxygen atoms in total. The summed E-state index contributed by atoms with van der Waals surface area (Å²) < 4.78 is 22.7. The Kier molecular flexibility index (Phi) is 40.5. The van der Waals surface area contributed by atoms with Crippen LogP contribution in [0.5, 0.6) is 0 Å². The second-order valence-electron chi connectivity index (χ2n) is 16.2. The Balaban J connectivity index is 4.07. The number of esters is 2. The monoisotopic (exact) mass is 769 g/mol. The molecule has 0 saturated carbocycles. The highest BCUT2D eigenvalue weighted by Crippen LogP contribution is 2.11. The van der Waals surface area contributed by atoms with Crippen LogP contribution < -0.4 is 0 Å². The van der Waals surface area contributed by atoms with Gasteiger partial charge in [0.15, 0.2) is 0 Å². The molecule has 0 radical (unpaired) electrons. The van der Waals surface area contributed by atoms with Crippen LogP contribution in [0.1, 0.15) is 208 Å². The van der Waals surface area contributed by atoms with E-state index in [1.54, 1.807) is 0 Å². The first-order valence-corrected chi connectivity index (χ1v) is 23.3. The molecule has 0 spiro atoms. The highest BCUT2D eigenvalue weighted by Gasteiger charge is 2.17. The lowest BCUT2D eigenvalue weighted by Crippen LogP contribution is -2.43. The van der Waals surface area contributed by atoms with E-state index in [9.17, 15) is 9.59 Å². The topological polar surface area (TPSA) is 77.5 Å². The van der Waals surface area contributed by atoms with Gasteiger partial charge in [0, 0.05) is 64.7 Å². The Labute approximate surface area is 335 Å². The number of unbranched alkanes of at least 4 members (excludes halogenated alkanes) is 20. The number of hydrogen-bond acceptors (Lipinski definition) is 8. The third-order valence-electron chi connectivity index (χ3n) is 10.4. The molecular formula is C46H92N2O6. The smallest absolute Gasteiger partial charge is 0.307 e. The molecule has 0 N–H and O–H groups in total. The summed E-state index contributed by atoms with van der Waals surface area (Å²) >= 11 is 0. The summed E-state index contributed by atoms with van der Waals surface area (Å²) in [4.78, 5) is 29.9. The van der Waals surface area contributed by atoms with E-state index < -0.39 is 0 Å². The number of hydrogen-bond donors (Lipinski definition) is 0. The molecule has 0 aromatic carbocycles. The molecule has 54 heavy (non-hydrogen) atoms. The normalized spacial score (nSPS) is 11.8. The lowest BCUT2D eigenvalue weighted by molar-refractivity contribution is -0.144. The molecule has 0 aliphatic heterocycles. The van der Waals surface area contributed by atoms with Crippen molar-refractivity contribution in [2.45, 2.75) is 221 Å². The van der Waals surface area contributed by atoms with E-state index in [1.807, 2.05) is 0 Å². The van der Waals surface area contributed by atoms with Crippen molar-refractivity contribution in [3.05, 3.63) is 0 Å². The zero-order valence-electron chi connectivity index (χ0n) is 37.0. The molecule has 0 aromatic heterocycles. The van der Waals surface area contributed by atoms with Gasteiger partial charge in [0.25, 0.3) is 0 Å². The minimum atomic E-state index is -0.143. The summed E-state index contributed by atoms with van der Waals surface area (Å²) in [5, 5.41) is 0. The van der Waals surface area contributed by atoms with Crippen LogP contribution in [0.3, 0.4) is 0 Å². The molecule has 0 bridgehead atoms. The van der Waals surface area contributed by atoms with Crippen LogP contribution >= 0.6 is 0 Å². The van der Waals surface area contributed by atoms with Crippen LogP contribution in [0, 0.1) is 0 Å². The predicted octanol–water partition coefficient (Wildman–Crippen LogP) is 11.7. The summed E-state index contributed by atoms with van der Waals surface area (Å²) in [6, 6.07) is 0.876. The van der Waals surface area contributed by atoms with Gasteiger partial charge in [-0.15, -0.1) is 0 Å². The van der Waals surface area contributed by atoms with Crippen LogP contribution in [0.25, 0.3) is 0 Å². The number of carbonyl (C=O) groups excluding carboxylic acids is 2. The maximum Gasteiger partial charge on any atom is 0.307 e. The summed E-state index contributed by atoms with van der Waals surface area (Å²) in [6.45, 7) is 20.9. The molecule has 0 aliphatic rings. The molecular weight excluding hydrogens is 677 g/mol. The van der Waals surface area contributed by atoms with Gasteiger partial charge in [-0.25, -0.2) is 0 Å². The molecule has 0 heterocycles. The highest BCUT2D eigenvalue weighted by atomic mass is 16.5. The quantitative estimate of drug-likeness (QED) is 0.0448. The Bertz CT molecular complexity index is 735. The van der Waals surface area contributed by atoms with E-state index in [0.29, 0.717) is 51.2 Å². The van der Waals surface area contributed by atoms with E-state index in [-0.39, 0.29) is 11.9 Å². The van der Waals surface area contributed by atoms with Gasteiger partial charge in [-0.1, -0.05) is 129 Å². The SMILES string of the molecule is CCCCCCCCOCCCCCCCCOC(=O)CCN(CCC(=O)OCCCCCCCCOCCCCCCCC)CCN(C(C)C)C(C)C. The van der Waals surface area contributed by atoms with Gasteiger partial charge in [0.05, 0.1) is 26.1 Å². The molecule has 0 aliphatic carbocycles. The van der Waals surface area contributed by atoms with Crippen molar-refractivity contribution < 1.29 is 28.5 Å². The van der Waals surface area contributed by atoms with Crippen LogP contribution in [0.15, 0.2) is 0 Å². The molecule has 0 saturated heterocycles. The van der Waals surface area contributed by atoms with Gasteiger partial charge in [0.1, 0.15) is 0 Å². The van der Waals surface area contributed by atoms with Crippen molar-refractivity contribution in [2.75, 3.05) is 65.8 Å². The second-order valence-corrected chi connectivity index (χ2v) is 16.2. The summed E-state index contributed by atoms with van der Waals surface area (Å²) in [7, 11) is 0. The minimum absolute atomic E-state index is 0.143. The molecule has 0 unspecified atom stereocenters. The molecule has 322 valence electrons. The first kappa shape index (κ1) is 52.8. The van der Waals surface area contributed by atoms with E-state index in [2.05, 4.69) is 51.3 Å². The maximum atomic E-state index is 12.6. The molecule has 8 heteroatoms. The van der Waals surface area contributed by atoms with E-state index in [0.717, 1.165) is 78.0 Å². The van der Waals surface area contributed by atoms with Gasteiger partial charge < -0.3 is 23.8 Å². The van der Waals surface area contributed by atoms with Crippen LogP contribution in [-0.2, 0) is 28.5 Å². The van der Waals surface area contributed by atoms with Crippen LogP contribution in [0.2, 0.25) is 0 Å². The number of carbonyl (C=O) groups is 2. The molecule has 0 fully saturated rings. The van der Waals surface area contributed by atoms with Crippen molar-refractivity contribution >= 4 is 11.9 Å². The van der Waals surface area contributed by atoms with E-state index in [1.165, 1.54) is 116 Å². The van der Waals surface area contributed by atoms with Crippen molar-refractivity contribution in [3.63, 3.8) is 0 Å². The van der Waals surface area contributed by atoms with Gasteiger partial charge in [0.2, 0.25) is 0 Å². The van der Waals surface area contributed by atoms with Crippen molar-refractivity contribution in [1.29, 1.82) is 0 Å². The zero-order valence-corrected chi connectivity index (χ0v) is 37.0. The Hall–Kier alpha value is -1.22. The minimum Gasteiger partial charge on any atom is -0.466 e. The fraction of sp³-hybridized carbons (Fsp3) is 0.957. The summed E-state index contributed by atoms with van der Waals surface area (Å²) in [5.74, 6) is -0.286.